The molecule has 1 aliphatic rings. The number of hydrogen-bond acceptors (Lipinski definition) is 4. The first-order valence-corrected chi connectivity index (χ1v) is 8.59. The summed E-state index contributed by atoms with van der Waals surface area (Å²) in [5, 5.41) is 12.2. The minimum Gasteiger partial charge on any atom is -0.353 e. The van der Waals surface area contributed by atoms with Crippen molar-refractivity contribution in [1.29, 1.82) is 5.26 Å². The molecule has 0 bridgehead atoms. The fraction of sp³-hybridized carbons (Fsp3) is 0.611. The molecule has 6 nitrogen and oxygen atoms in total. The molecule has 1 aromatic rings. The molecule has 1 aliphatic carbocycles. The summed E-state index contributed by atoms with van der Waals surface area (Å²) in [6, 6.07) is 2.11. The Morgan fingerprint density at radius 2 is 2.04 bits per heavy atom. The minimum atomic E-state index is -0.367. The van der Waals surface area contributed by atoms with E-state index in [1.165, 1.54) is 6.42 Å². The van der Waals surface area contributed by atoms with E-state index in [9.17, 15) is 9.59 Å². The summed E-state index contributed by atoms with van der Waals surface area (Å²) in [4.78, 5) is 26.7. The first kappa shape index (κ1) is 21.2. The Morgan fingerprint density at radius 1 is 1.36 bits per heavy atom. The number of halogens is 1. The number of hydrogen-bond donors (Lipinski definition) is 3. The van der Waals surface area contributed by atoms with Gasteiger partial charge in [-0.05, 0) is 56.7 Å². The molecule has 1 aromatic heterocycles. The highest BCUT2D eigenvalue weighted by Crippen LogP contribution is 2.23. The molecule has 0 spiro atoms. The zero-order valence-corrected chi connectivity index (χ0v) is 15.7. The molecule has 1 fully saturated rings. The zero-order valence-electron chi connectivity index (χ0n) is 14.9. The first-order valence-electron chi connectivity index (χ1n) is 8.59. The second kappa shape index (κ2) is 9.59. The monoisotopic (exact) mass is 366 g/mol. The molecule has 1 saturated carbocycles. The number of aryl methyl sites for hydroxylation is 1. The van der Waals surface area contributed by atoms with Gasteiger partial charge in [0, 0.05) is 18.2 Å². The van der Waals surface area contributed by atoms with Gasteiger partial charge in [0.1, 0.15) is 11.6 Å². The van der Waals surface area contributed by atoms with Crippen LogP contribution in [0.15, 0.2) is 4.79 Å². The van der Waals surface area contributed by atoms with Gasteiger partial charge in [-0.25, -0.2) is 0 Å². The number of rotatable bonds is 5. The average Bonchev–Trinajstić information content (AvgIpc) is 2.55. The molecule has 4 N–H and O–H groups in total. The highest BCUT2D eigenvalue weighted by atomic mass is 35.5. The van der Waals surface area contributed by atoms with Crippen LogP contribution in [0.3, 0.4) is 0 Å². The Hall–Kier alpha value is -1.84. The molecule has 138 valence electrons. The fourth-order valence-corrected chi connectivity index (χ4v) is 3.62. The minimum absolute atomic E-state index is 0. The van der Waals surface area contributed by atoms with E-state index in [2.05, 4.69) is 10.3 Å². The van der Waals surface area contributed by atoms with E-state index in [4.69, 9.17) is 11.0 Å². The van der Waals surface area contributed by atoms with Gasteiger partial charge in [-0.2, -0.15) is 5.26 Å². The van der Waals surface area contributed by atoms with E-state index < -0.39 is 0 Å². The predicted octanol–water partition coefficient (Wildman–Crippen LogP) is 1.85. The Kier molecular flexibility index (Phi) is 8.14. The van der Waals surface area contributed by atoms with Crippen LogP contribution in [0.2, 0.25) is 0 Å². The van der Waals surface area contributed by atoms with E-state index in [0.717, 1.165) is 30.5 Å². The van der Waals surface area contributed by atoms with Crippen molar-refractivity contribution in [1.82, 2.24) is 10.3 Å². The molecular formula is C18H27ClN4O2. The highest BCUT2D eigenvalue weighted by molar-refractivity contribution is 5.85. The third-order valence-electron chi connectivity index (χ3n) is 5.08. The van der Waals surface area contributed by atoms with Crippen molar-refractivity contribution in [2.45, 2.75) is 58.4 Å². The summed E-state index contributed by atoms with van der Waals surface area (Å²) in [5.41, 5.74) is 7.84. The van der Waals surface area contributed by atoms with E-state index in [1.54, 1.807) is 13.8 Å². The lowest BCUT2D eigenvalue weighted by Gasteiger charge is -2.31. The molecular weight excluding hydrogens is 340 g/mol. The number of H-pyrrole nitrogens is 1. The lowest BCUT2D eigenvalue weighted by atomic mass is 9.84. The van der Waals surface area contributed by atoms with Gasteiger partial charge in [0.25, 0.3) is 5.56 Å². The maximum absolute atomic E-state index is 12.3. The second-order valence-electron chi connectivity index (χ2n) is 6.62. The first-order chi connectivity index (χ1) is 11.5. The van der Waals surface area contributed by atoms with Gasteiger partial charge < -0.3 is 16.0 Å². The van der Waals surface area contributed by atoms with Crippen molar-refractivity contribution in [2.75, 3.05) is 6.54 Å². The van der Waals surface area contributed by atoms with Crippen molar-refractivity contribution in [3.05, 3.63) is 32.7 Å². The fourth-order valence-electron chi connectivity index (χ4n) is 3.62. The molecule has 0 saturated heterocycles. The molecule has 0 radical (unpaired) electrons. The SMILES string of the molecule is Cc1[nH]c(=O)c(C#N)c(C)c1CCC(=O)NC1CCCCC1CN.Cl. The van der Waals surface area contributed by atoms with E-state index in [-0.39, 0.29) is 35.5 Å². The summed E-state index contributed by atoms with van der Waals surface area (Å²) in [5.74, 6) is 0.369. The smallest absolute Gasteiger partial charge is 0.266 e. The van der Waals surface area contributed by atoms with Gasteiger partial charge in [-0.15, -0.1) is 12.4 Å². The lowest BCUT2D eigenvalue weighted by Crippen LogP contribution is -2.44. The molecule has 2 unspecified atom stereocenters. The van der Waals surface area contributed by atoms with Crippen LogP contribution >= 0.6 is 12.4 Å². The van der Waals surface area contributed by atoms with Crippen molar-refractivity contribution in [3.8, 4) is 6.07 Å². The number of nitrogens with zero attached hydrogens (tertiary/aromatic N) is 1. The second-order valence-corrected chi connectivity index (χ2v) is 6.62. The molecule has 0 aliphatic heterocycles. The highest BCUT2D eigenvalue weighted by Gasteiger charge is 2.25. The Morgan fingerprint density at radius 3 is 2.68 bits per heavy atom. The van der Waals surface area contributed by atoms with Crippen LogP contribution in [0.1, 0.15) is 54.5 Å². The Labute approximate surface area is 154 Å². The Balaban J connectivity index is 0.00000312. The van der Waals surface area contributed by atoms with Crippen LogP contribution in [0.4, 0.5) is 0 Å². The number of pyridine rings is 1. The Bertz CT molecular complexity index is 708. The average molecular weight is 367 g/mol. The topological polar surface area (TPSA) is 112 Å². The third-order valence-corrected chi connectivity index (χ3v) is 5.08. The quantitative estimate of drug-likeness (QED) is 0.738. The summed E-state index contributed by atoms with van der Waals surface area (Å²) >= 11 is 0. The molecule has 1 amide bonds. The van der Waals surface area contributed by atoms with E-state index in [1.807, 2.05) is 6.07 Å². The van der Waals surface area contributed by atoms with Gasteiger partial charge >= 0.3 is 0 Å². The number of aromatic nitrogens is 1. The molecule has 2 atom stereocenters. The number of nitrogens with two attached hydrogens (primary N) is 1. The van der Waals surface area contributed by atoms with Gasteiger partial charge in [0.05, 0.1) is 0 Å². The maximum Gasteiger partial charge on any atom is 0.266 e. The van der Waals surface area contributed by atoms with Crippen LogP contribution in [0.5, 0.6) is 0 Å². The summed E-state index contributed by atoms with van der Waals surface area (Å²) in [6.07, 6.45) is 5.22. The number of aromatic amines is 1. The number of carbonyl (C=O) groups is 1. The molecule has 0 aromatic carbocycles. The molecule has 1 heterocycles. The lowest BCUT2D eigenvalue weighted by molar-refractivity contribution is -0.122. The van der Waals surface area contributed by atoms with Gasteiger partial charge in [-0.1, -0.05) is 12.8 Å². The van der Waals surface area contributed by atoms with Crippen LogP contribution in [0.25, 0.3) is 0 Å². The van der Waals surface area contributed by atoms with Crippen LogP contribution in [-0.2, 0) is 11.2 Å². The van der Waals surface area contributed by atoms with Crippen molar-refractivity contribution in [3.63, 3.8) is 0 Å². The van der Waals surface area contributed by atoms with Crippen molar-refractivity contribution < 1.29 is 4.79 Å². The molecule has 2 rings (SSSR count). The summed E-state index contributed by atoms with van der Waals surface area (Å²) in [7, 11) is 0. The van der Waals surface area contributed by atoms with Crippen LogP contribution < -0.4 is 16.6 Å². The predicted molar refractivity (Wildman–Crippen MR) is 99.8 cm³/mol. The molecule has 25 heavy (non-hydrogen) atoms. The standard InChI is InChI=1S/C18H26N4O2.ClH/c1-11-14(12(2)21-18(24)15(11)10-20)7-8-17(23)22-16-6-4-3-5-13(16)9-19;/h13,16H,3-9,19H2,1-2H3,(H,21,24)(H,22,23);1H. The van der Waals surface area contributed by atoms with E-state index in [0.29, 0.717) is 30.9 Å². The number of nitriles is 1. The van der Waals surface area contributed by atoms with E-state index >= 15 is 0 Å². The normalized spacial score (nSPS) is 19.6. The van der Waals surface area contributed by atoms with Gasteiger partial charge in [0.2, 0.25) is 5.91 Å². The summed E-state index contributed by atoms with van der Waals surface area (Å²) < 4.78 is 0. The third kappa shape index (κ3) is 5.07. The van der Waals surface area contributed by atoms with Gasteiger partial charge in [0.15, 0.2) is 0 Å². The van der Waals surface area contributed by atoms with Crippen LogP contribution in [-0.4, -0.2) is 23.5 Å². The number of amides is 1. The largest absolute Gasteiger partial charge is 0.353 e. The number of carbonyl (C=O) groups excluding carboxylic acids is 1. The zero-order chi connectivity index (χ0) is 17.7. The van der Waals surface area contributed by atoms with Gasteiger partial charge in [-0.3, -0.25) is 9.59 Å². The summed E-state index contributed by atoms with van der Waals surface area (Å²) in [6.45, 7) is 4.17. The number of nitrogens with one attached hydrogen (secondary N) is 2. The van der Waals surface area contributed by atoms with Crippen molar-refractivity contribution in [2.24, 2.45) is 11.7 Å². The molecule has 7 heteroatoms. The maximum atomic E-state index is 12.3. The van der Waals surface area contributed by atoms with Crippen molar-refractivity contribution >= 4 is 18.3 Å². The van der Waals surface area contributed by atoms with Crippen LogP contribution in [0, 0.1) is 31.1 Å².